The van der Waals surface area contributed by atoms with Crippen LogP contribution in [-0.4, -0.2) is 51.7 Å². The minimum Gasteiger partial charge on any atom is -0.379 e. The Morgan fingerprint density at radius 1 is 1.28 bits per heavy atom. The van der Waals surface area contributed by atoms with Crippen molar-refractivity contribution in [3.05, 3.63) is 0 Å². The molecule has 0 aromatic heterocycles. The van der Waals surface area contributed by atoms with E-state index in [1.165, 1.54) is 12.8 Å². The van der Waals surface area contributed by atoms with Gasteiger partial charge in [0.1, 0.15) is 0 Å². The van der Waals surface area contributed by atoms with Gasteiger partial charge < -0.3 is 19.5 Å². The van der Waals surface area contributed by atoms with Crippen molar-refractivity contribution in [1.29, 1.82) is 0 Å². The number of hydrogen-bond acceptors (Lipinski definition) is 4. The van der Waals surface area contributed by atoms with Crippen LogP contribution in [0.25, 0.3) is 0 Å². The van der Waals surface area contributed by atoms with Crippen LogP contribution in [-0.2, 0) is 14.2 Å². The minimum atomic E-state index is 0.231. The fourth-order valence-electron chi connectivity index (χ4n) is 1.94. The highest BCUT2D eigenvalue weighted by molar-refractivity contribution is 4.68. The Balaban J connectivity index is 1.85. The van der Waals surface area contributed by atoms with Gasteiger partial charge in [0.05, 0.1) is 25.4 Å². The maximum Gasteiger partial charge on any atom is 0.0704 e. The molecule has 1 fully saturated rings. The average Bonchev–Trinajstić information content (AvgIpc) is 2.81. The first-order chi connectivity index (χ1) is 8.68. The van der Waals surface area contributed by atoms with Gasteiger partial charge in [0.15, 0.2) is 0 Å². The molecule has 0 bridgehead atoms. The van der Waals surface area contributed by atoms with Crippen LogP contribution in [0.2, 0.25) is 0 Å². The minimum absolute atomic E-state index is 0.231. The zero-order chi connectivity index (χ0) is 13.2. The summed E-state index contributed by atoms with van der Waals surface area (Å²) in [6, 6.07) is 0. The quantitative estimate of drug-likeness (QED) is 0.608. The molecular weight excluding hydrogens is 230 g/mol. The maximum absolute atomic E-state index is 5.66. The lowest BCUT2D eigenvalue weighted by Gasteiger charge is -2.16. The molecule has 0 aliphatic carbocycles. The van der Waals surface area contributed by atoms with E-state index < -0.39 is 0 Å². The Labute approximate surface area is 111 Å². The Hall–Kier alpha value is -0.160. The summed E-state index contributed by atoms with van der Waals surface area (Å²) in [6.07, 6.45) is 3.03. The van der Waals surface area contributed by atoms with Gasteiger partial charge >= 0.3 is 0 Å². The zero-order valence-electron chi connectivity index (χ0n) is 12.1. The topological polar surface area (TPSA) is 39.7 Å². The molecule has 0 aromatic carbocycles. The van der Waals surface area contributed by atoms with Crippen LogP contribution in [0.4, 0.5) is 0 Å². The molecule has 18 heavy (non-hydrogen) atoms. The van der Waals surface area contributed by atoms with Crippen molar-refractivity contribution in [1.82, 2.24) is 5.32 Å². The summed E-state index contributed by atoms with van der Waals surface area (Å²) in [6.45, 7) is 11.3. The van der Waals surface area contributed by atoms with Crippen LogP contribution in [0.5, 0.6) is 0 Å². The molecule has 1 saturated heterocycles. The van der Waals surface area contributed by atoms with Crippen molar-refractivity contribution < 1.29 is 14.2 Å². The van der Waals surface area contributed by atoms with Crippen molar-refractivity contribution in [2.24, 2.45) is 5.92 Å². The molecule has 1 heterocycles. The van der Waals surface area contributed by atoms with Crippen molar-refractivity contribution in [2.75, 3.05) is 39.5 Å². The van der Waals surface area contributed by atoms with Crippen molar-refractivity contribution in [3.8, 4) is 0 Å². The van der Waals surface area contributed by atoms with Crippen molar-refractivity contribution in [3.63, 3.8) is 0 Å². The van der Waals surface area contributed by atoms with Crippen LogP contribution in [0.15, 0.2) is 0 Å². The van der Waals surface area contributed by atoms with Crippen LogP contribution < -0.4 is 5.32 Å². The van der Waals surface area contributed by atoms with Gasteiger partial charge in [0, 0.05) is 26.3 Å². The van der Waals surface area contributed by atoms with Crippen LogP contribution in [0, 0.1) is 5.92 Å². The molecule has 2 unspecified atom stereocenters. The molecule has 1 rings (SSSR count). The van der Waals surface area contributed by atoms with Gasteiger partial charge in [-0.3, -0.25) is 0 Å². The van der Waals surface area contributed by atoms with E-state index >= 15 is 0 Å². The molecule has 1 aliphatic rings. The molecule has 2 atom stereocenters. The Bertz CT molecular complexity index is 193. The molecule has 0 saturated carbocycles. The second kappa shape index (κ2) is 9.73. The first-order valence-electron chi connectivity index (χ1n) is 7.20. The Kier molecular flexibility index (Phi) is 8.59. The summed E-state index contributed by atoms with van der Waals surface area (Å²) in [5.41, 5.74) is 0. The fraction of sp³-hybridized carbons (Fsp3) is 1.00. The second-order valence-electron chi connectivity index (χ2n) is 5.44. The van der Waals surface area contributed by atoms with E-state index in [2.05, 4.69) is 26.1 Å². The summed E-state index contributed by atoms with van der Waals surface area (Å²) in [5.74, 6) is 0.593. The van der Waals surface area contributed by atoms with E-state index in [0.29, 0.717) is 25.2 Å². The molecule has 4 heteroatoms. The summed E-state index contributed by atoms with van der Waals surface area (Å²) >= 11 is 0. The van der Waals surface area contributed by atoms with E-state index in [-0.39, 0.29) is 6.10 Å². The van der Waals surface area contributed by atoms with Gasteiger partial charge in [-0.2, -0.15) is 0 Å². The first-order valence-corrected chi connectivity index (χ1v) is 7.20. The van der Waals surface area contributed by atoms with E-state index in [1.807, 2.05) is 0 Å². The lowest BCUT2D eigenvalue weighted by atomic mass is 10.2. The summed E-state index contributed by atoms with van der Waals surface area (Å²) in [7, 11) is 0. The van der Waals surface area contributed by atoms with Crippen LogP contribution >= 0.6 is 0 Å². The van der Waals surface area contributed by atoms with E-state index in [4.69, 9.17) is 14.2 Å². The Morgan fingerprint density at radius 2 is 2.11 bits per heavy atom. The largest absolute Gasteiger partial charge is 0.379 e. The molecule has 0 aromatic rings. The first kappa shape index (κ1) is 15.9. The summed E-state index contributed by atoms with van der Waals surface area (Å²) in [5, 5.41) is 3.40. The lowest BCUT2D eigenvalue weighted by molar-refractivity contribution is 0.00548. The predicted octanol–water partition coefficient (Wildman–Crippen LogP) is 1.83. The predicted molar refractivity (Wildman–Crippen MR) is 72.9 cm³/mol. The van der Waals surface area contributed by atoms with E-state index in [0.717, 1.165) is 26.3 Å². The summed E-state index contributed by atoms with van der Waals surface area (Å²) < 4.78 is 16.7. The van der Waals surface area contributed by atoms with E-state index in [9.17, 15) is 0 Å². The smallest absolute Gasteiger partial charge is 0.0704 e. The monoisotopic (exact) mass is 259 g/mol. The molecule has 1 aliphatic heterocycles. The highest BCUT2D eigenvalue weighted by atomic mass is 16.5. The third-order valence-corrected chi connectivity index (χ3v) is 2.91. The van der Waals surface area contributed by atoms with Crippen LogP contribution in [0.3, 0.4) is 0 Å². The standard InChI is InChI=1S/C14H29NO3/c1-12(2)11-16-7-8-17-13(3)9-15-10-14-5-4-6-18-14/h12-15H,4-11H2,1-3H3. The SMILES string of the molecule is CC(C)COCCOC(C)CNCC1CCCO1. The molecule has 4 nitrogen and oxygen atoms in total. The van der Waals surface area contributed by atoms with Gasteiger partial charge in [0.25, 0.3) is 0 Å². The van der Waals surface area contributed by atoms with Gasteiger partial charge in [-0.15, -0.1) is 0 Å². The van der Waals surface area contributed by atoms with Crippen LogP contribution in [0.1, 0.15) is 33.6 Å². The fourth-order valence-corrected chi connectivity index (χ4v) is 1.94. The third-order valence-electron chi connectivity index (χ3n) is 2.91. The highest BCUT2D eigenvalue weighted by Gasteiger charge is 2.14. The normalized spacial score (nSPS) is 21.7. The number of rotatable bonds is 10. The van der Waals surface area contributed by atoms with Gasteiger partial charge in [-0.1, -0.05) is 13.8 Å². The van der Waals surface area contributed by atoms with Gasteiger partial charge in [0.2, 0.25) is 0 Å². The van der Waals surface area contributed by atoms with E-state index in [1.54, 1.807) is 0 Å². The lowest BCUT2D eigenvalue weighted by Crippen LogP contribution is -2.33. The second-order valence-corrected chi connectivity index (χ2v) is 5.44. The average molecular weight is 259 g/mol. The van der Waals surface area contributed by atoms with Gasteiger partial charge in [-0.05, 0) is 25.7 Å². The molecule has 108 valence electrons. The molecule has 0 spiro atoms. The summed E-state index contributed by atoms with van der Waals surface area (Å²) in [4.78, 5) is 0. The van der Waals surface area contributed by atoms with Gasteiger partial charge in [-0.25, -0.2) is 0 Å². The zero-order valence-corrected chi connectivity index (χ0v) is 12.1. The molecule has 0 radical (unpaired) electrons. The maximum atomic E-state index is 5.66. The third kappa shape index (κ3) is 8.03. The number of ether oxygens (including phenoxy) is 3. The molecular formula is C14H29NO3. The van der Waals surface area contributed by atoms with Crippen molar-refractivity contribution >= 4 is 0 Å². The van der Waals surface area contributed by atoms with Crippen molar-refractivity contribution in [2.45, 2.75) is 45.8 Å². The Morgan fingerprint density at radius 3 is 2.78 bits per heavy atom. The number of hydrogen-bond donors (Lipinski definition) is 1. The highest BCUT2D eigenvalue weighted by Crippen LogP contribution is 2.10. The number of nitrogens with one attached hydrogen (secondary N) is 1. The molecule has 0 amide bonds. The molecule has 1 N–H and O–H groups in total.